The Kier molecular flexibility index (Phi) is 6.01. The second-order valence-electron chi connectivity index (χ2n) is 6.48. The fourth-order valence-electron chi connectivity index (χ4n) is 3.70. The molecular weight excluding hydrogens is 400 g/mol. The molecule has 2 fully saturated rings. The van der Waals surface area contributed by atoms with Crippen molar-refractivity contribution in [3.8, 4) is 0 Å². The normalized spacial score (nSPS) is 27.6. The Hall–Kier alpha value is -0.540. The smallest absolute Gasteiger partial charge is 0.327 e. The predicted molar refractivity (Wildman–Crippen MR) is 91.3 cm³/mol. The largest absolute Gasteiger partial charge is 0.417 e. The molecule has 3 unspecified atom stereocenters. The van der Waals surface area contributed by atoms with Gasteiger partial charge in [-0.25, -0.2) is 8.42 Å². The van der Waals surface area contributed by atoms with Crippen LogP contribution in [-0.2, 0) is 16.2 Å². The third-order valence-electron chi connectivity index (χ3n) is 5.00. The highest BCUT2D eigenvalue weighted by molar-refractivity contribution is 7.89. The highest BCUT2D eigenvalue weighted by Crippen LogP contribution is 2.40. The molecule has 4 nitrogen and oxygen atoms in total. The summed E-state index contributed by atoms with van der Waals surface area (Å²) in [4.78, 5) is -0.383. The minimum atomic E-state index is -4.70. The molecule has 1 saturated heterocycles. The Labute approximate surface area is 156 Å². The van der Waals surface area contributed by atoms with E-state index in [0.29, 0.717) is 12.6 Å². The Bertz CT molecular complexity index is 743. The quantitative estimate of drug-likeness (QED) is 0.798. The number of sulfonamides is 1. The molecule has 1 aromatic carbocycles. The summed E-state index contributed by atoms with van der Waals surface area (Å²) >= 11 is 5.56. The molecule has 0 amide bonds. The van der Waals surface area contributed by atoms with Crippen LogP contribution in [0.3, 0.4) is 0 Å². The van der Waals surface area contributed by atoms with Crippen molar-refractivity contribution in [3.63, 3.8) is 0 Å². The van der Waals surface area contributed by atoms with Gasteiger partial charge in [0.15, 0.2) is 0 Å². The fourth-order valence-corrected chi connectivity index (χ4v) is 5.49. The van der Waals surface area contributed by atoms with E-state index in [1.54, 1.807) is 0 Å². The summed E-state index contributed by atoms with van der Waals surface area (Å²) in [5.41, 5.74) is 4.94. The number of fused-ring (bicyclic) bond motifs is 1. The molecule has 3 atom stereocenters. The van der Waals surface area contributed by atoms with E-state index in [1.807, 2.05) is 0 Å². The van der Waals surface area contributed by atoms with Crippen molar-refractivity contribution < 1.29 is 21.6 Å². The molecule has 1 aliphatic carbocycles. The first kappa shape index (κ1) is 20.8. The lowest BCUT2D eigenvalue weighted by Crippen LogP contribution is -2.38. The van der Waals surface area contributed by atoms with E-state index < -0.39 is 26.8 Å². The summed E-state index contributed by atoms with van der Waals surface area (Å²) in [6.07, 6.45) is -1.99. The van der Waals surface area contributed by atoms with Gasteiger partial charge in [-0.2, -0.15) is 17.5 Å². The molecule has 2 aliphatic rings. The molecule has 1 aliphatic heterocycles. The molecule has 2 N–H and O–H groups in total. The Balaban J connectivity index is 0.00000225. The number of nitrogens with zero attached hydrogens (tertiary/aromatic N) is 1. The summed E-state index contributed by atoms with van der Waals surface area (Å²) in [6, 6.07) is 2.65. The van der Waals surface area contributed by atoms with Gasteiger partial charge < -0.3 is 5.73 Å². The van der Waals surface area contributed by atoms with Gasteiger partial charge in [0.2, 0.25) is 10.0 Å². The van der Waals surface area contributed by atoms with Gasteiger partial charge in [-0.05, 0) is 42.9 Å². The number of rotatable bonds is 2. The molecule has 10 heteroatoms. The molecule has 1 aromatic rings. The van der Waals surface area contributed by atoms with E-state index in [1.165, 1.54) is 4.31 Å². The van der Waals surface area contributed by atoms with Crippen molar-refractivity contribution in [2.75, 3.05) is 13.1 Å². The van der Waals surface area contributed by atoms with Gasteiger partial charge in [-0.3, -0.25) is 0 Å². The van der Waals surface area contributed by atoms with Gasteiger partial charge in [0.25, 0.3) is 0 Å². The molecule has 25 heavy (non-hydrogen) atoms. The average Bonchev–Trinajstić information content (AvgIpc) is 2.92. The zero-order valence-corrected chi connectivity index (χ0v) is 15.6. The molecule has 0 bridgehead atoms. The predicted octanol–water partition coefficient (Wildman–Crippen LogP) is 3.53. The van der Waals surface area contributed by atoms with Crippen LogP contribution in [0.4, 0.5) is 13.2 Å². The molecule has 1 heterocycles. The molecular formula is C15H19Cl2F3N2O2S. The van der Waals surface area contributed by atoms with Gasteiger partial charge in [0.1, 0.15) is 0 Å². The van der Waals surface area contributed by atoms with Crippen molar-refractivity contribution in [2.24, 2.45) is 17.6 Å². The lowest BCUT2D eigenvalue weighted by atomic mass is 9.78. The maximum absolute atomic E-state index is 13.0. The fraction of sp³-hybridized carbons (Fsp3) is 0.600. The van der Waals surface area contributed by atoms with E-state index in [9.17, 15) is 21.6 Å². The number of benzene rings is 1. The van der Waals surface area contributed by atoms with Crippen LogP contribution in [0.5, 0.6) is 0 Å². The first-order valence-corrected chi connectivity index (χ1v) is 9.55. The summed E-state index contributed by atoms with van der Waals surface area (Å²) in [7, 11) is -4.00. The topological polar surface area (TPSA) is 63.4 Å². The van der Waals surface area contributed by atoms with Crippen LogP contribution in [0.15, 0.2) is 23.1 Å². The van der Waals surface area contributed by atoms with Crippen molar-refractivity contribution >= 4 is 34.0 Å². The van der Waals surface area contributed by atoms with Gasteiger partial charge in [-0.15, -0.1) is 12.4 Å². The van der Waals surface area contributed by atoms with E-state index in [-0.39, 0.29) is 41.7 Å². The van der Waals surface area contributed by atoms with Crippen molar-refractivity contribution in [3.05, 3.63) is 28.8 Å². The number of hydrogen-bond acceptors (Lipinski definition) is 3. The van der Waals surface area contributed by atoms with Crippen molar-refractivity contribution in [1.82, 2.24) is 4.31 Å². The average molecular weight is 419 g/mol. The summed E-state index contributed by atoms with van der Waals surface area (Å²) in [5.74, 6) is 0.251. The third-order valence-corrected chi connectivity index (χ3v) is 7.16. The van der Waals surface area contributed by atoms with Gasteiger partial charge >= 0.3 is 6.18 Å². The van der Waals surface area contributed by atoms with E-state index in [4.69, 9.17) is 17.3 Å². The standard InChI is InChI=1S/C15H18ClF3N2O2S.ClH/c16-13-5-4-10(6-12(13)15(17,18)19)24(22,23)21-7-9-2-1-3-14(20)11(9)8-21;/h4-6,9,11,14H,1-3,7-8,20H2;1H. The molecule has 0 aromatic heterocycles. The molecule has 0 radical (unpaired) electrons. The Morgan fingerprint density at radius 2 is 1.88 bits per heavy atom. The Morgan fingerprint density at radius 3 is 2.48 bits per heavy atom. The first-order chi connectivity index (χ1) is 11.1. The monoisotopic (exact) mass is 418 g/mol. The maximum atomic E-state index is 13.0. The van der Waals surface area contributed by atoms with E-state index in [0.717, 1.165) is 31.4 Å². The van der Waals surface area contributed by atoms with Gasteiger partial charge in [0, 0.05) is 19.1 Å². The van der Waals surface area contributed by atoms with E-state index in [2.05, 4.69) is 0 Å². The zero-order chi connectivity index (χ0) is 17.7. The number of halogens is 5. The summed E-state index contributed by atoms with van der Waals surface area (Å²) in [6.45, 7) is 0.572. The molecule has 1 saturated carbocycles. The minimum absolute atomic E-state index is 0. The van der Waals surface area contributed by atoms with Crippen molar-refractivity contribution in [1.29, 1.82) is 0 Å². The lowest BCUT2D eigenvalue weighted by Gasteiger charge is -2.29. The Morgan fingerprint density at radius 1 is 1.20 bits per heavy atom. The second-order valence-corrected chi connectivity index (χ2v) is 8.83. The van der Waals surface area contributed by atoms with Crippen LogP contribution in [0.25, 0.3) is 0 Å². The van der Waals surface area contributed by atoms with Crippen LogP contribution in [-0.4, -0.2) is 31.9 Å². The molecule has 142 valence electrons. The first-order valence-electron chi connectivity index (χ1n) is 7.73. The minimum Gasteiger partial charge on any atom is -0.327 e. The van der Waals surface area contributed by atoms with E-state index >= 15 is 0 Å². The highest BCUT2D eigenvalue weighted by Gasteiger charge is 2.44. The van der Waals surface area contributed by atoms with Gasteiger partial charge in [-0.1, -0.05) is 18.0 Å². The summed E-state index contributed by atoms with van der Waals surface area (Å²) < 4.78 is 65.7. The van der Waals surface area contributed by atoms with Crippen LogP contribution >= 0.6 is 24.0 Å². The number of hydrogen-bond donors (Lipinski definition) is 1. The second kappa shape index (κ2) is 7.23. The van der Waals surface area contributed by atoms with Crippen LogP contribution in [0.2, 0.25) is 5.02 Å². The van der Waals surface area contributed by atoms with Crippen LogP contribution in [0.1, 0.15) is 24.8 Å². The van der Waals surface area contributed by atoms with Crippen LogP contribution in [0, 0.1) is 11.8 Å². The van der Waals surface area contributed by atoms with Gasteiger partial charge in [0.05, 0.1) is 15.5 Å². The summed E-state index contributed by atoms with van der Waals surface area (Å²) in [5, 5.41) is -0.515. The third kappa shape index (κ3) is 3.93. The number of nitrogens with two attached hydrogens (primary N) is 1. The zero-order valence-electron chi connectivity index (χ0n) is 13.2. The molecule has 0 spiro atoms. The van der Waals surface area contributed by atoms with Crippen molar-refractivity contribution in [2.45, 2.75) is 36.4 Å². The SMILES string of the molecule is Cl.NC1CCCC2CN(S(=O)(=O)c3ccc(Cl)c(C(F)(F)F)c3)CC12. The number of alkyl halides is 3. The highest BCUT2D eigenvalue weighted by atomic mass is 35.5. The maximum Gasteiger partial charge on any atom is 0.417 e. The van der Waals surface area contributed by atoms with Crippen LogP contribution < -0.4 is 5.73 Å². The lowest BCUT2D eigenvalue weighted by molar-refractivity contribution is -0.137. The molecule has 3 rings (SSSR count).